The summed E-state index contributed by atoms with van der Waals surface area (Å²) < 4.78 is 0. The van der Waals surface area contributed by atoms with Crippen LogP contribution in [0.5, 0.6) is 0 Å². The highest BCUT2D eigenvalue weighted by molar-refractivity contribution is 6.37. The monoisotopic (exact) mass is 427 g/mol. The highest BCUT2D eigenvalue weighted by Crippen LogP contribution is 2.22. The molecule has 1 saturated heterocycles. The third-order valence-electron chi connectivity index (χ3n) is 4.76. The molecule has 1 fully saturated rings. The van der Waals surface area contributed by atoms with Crippen molar-refractivity contribution >= 4 is 46.4 Å². The van der Waals surface area contributed by atoms with E-state index in [1.165, 1.54) is 11.8 Å². The molecule has 1 aliphatic rings. The standard InChI is InChI=1S/C21H19Cl2N5O/c22-15-6-7-18(19(23)12-15)20(29)26-16-13-24-21(25-14-16)28-10-8-27(9-11-28)17-4-2-1-3-5-17/h1-7,12-14H,8-11H2,(H,26,29). The van der Waals surface area contributed by atoms with Crippen LogP contribution in [-0.4, -0.2) is 42.1 Å². The van der Waals surface area contributed by atoms with Crippen molar-refractivity contribution in [3.63, 3.8) is 0 Å². The van der Waals surface area contributed by atoms with E-state index in [2.05, 4.69) is 49.4 Å². The molecule has 6 nitrogen and oxygen atoms in total. The van der Waals surface area contributed by atoms with Crippen LogP contribution >= 0.6 is 23.2 Å². The molecule has 3 aromatic rings. The molecule has 8 heteroatoms. The number of anilines is 3. The van der Waals surface area contributed by atoms with Gasteiger partial charge in [0.25, 0.3) is 5.91 Å². The summed E-state index contributed by atoms with van der Waals surface area (Å²) in [4.78, 5) is 25.7. The fraction of sp³-hybridized carbons (Fsp3) is 0.190. The van der Waals surface area contributed by atoms with E-state index in [-0.39, 0.29) is 5.91 Å². The third kappa shape index (κ3) is 4.60. The van der Waals surface area contributed by atoms with Gasteiger partial charge in [-0.05, 0) is 30.3 Å². The van der Waals surface area contributed by atoms with Crippen LogP contribution in [0.3, 0.4) is 0 Å². The number of piperazine rings is 1. The Morgan fingerprint density at radius 1 is 0.897 bits per heavy atom. The Morgan fingerprint density at radius 3 is 2.21 bits per heavy atom. The summed E-state index contributed by atoms with van der Waals surface area (Å²) >= 11 is 12.0. The second kappa shape index (κ2) is 8.68. The number of hydrogen-bond acceptors (Lipinski definition) is 5. The van der Waals surface area contributed by atoms with Crippen molar-refractivity contribution < 1.29 is 4.79 Å². The first kappa shape index (κ1) is 19.5. The quantitative estimate of drug-likeness (QED) is 0.669. The Morgan fingerprint density at radius 2 is 1.55 bits per heavy atom. The normalized spacial score (nSPS) is 14.0. The van der Waals surface area contributed by atoms with Gasteiger partial charge in [0, 0.05) is 36.9 Å². The highest BCUT2D eigenvalue weighted by Gasteiger charge is 2.19. The molecule has 4 rings (SSSR count). The zero-order valence-electron chi connectivity index (χ0n) is 15.6. The lowest BCUT2D eigenvalue weighted by Crippen LogP contribution is -2.47. The number of hydrogen-bond donors (Lipinski definition) is 1. The number of nitrogens with zero attached hydrogens (tertiary/aromatic N) is 4. The number of carbonyl (C=O) groups excluding carboxylic acids is 1. The molecule has 1 aliphatic heterocycles. The Hall–Kier alpha value is -2.83. The first-order valence-corrected chi connectivity index (χ1v) is 9.99. The number of halogens is 2. The summed E-state index contributed by atoms with van der Waals surface area (Å²) in [6.45, 7) is 3.48. The van der Waals surface area contributed by atoms with Gasteiger partial charge in [0.15, 0.2) is 0 Å². The van der Waals surface area contributed by atoms with Crippen molar-refractivity contribution in [3.8, 4) is 0 Å². The lowest BCUT2D eigenvalue weighted by Gasteiger charge is -2.36. The molecule has 1 N–H and O–H groups in total. The Bertz CT molecular complexity index is 990. The van der Waals surface area contributed by atoms with Crippen molar-refractivity contribution in [2.24, 2.45) is 0 Å². The Labute approximate surface area is 179 Å². The molecule has 0 spiro atoms. The lowest BCUT2D eigenvalue weighted by molar-refractivity contribution is 0.102. The number of amides is 1. The minimum absolute atomic E-state index is 0.295. The van der Waals surface area contributed by atoms with E-state index in [1.54, 1.807) is 24.5 Å². The smallest absolute Gasteiger partial charge is 0.257 e. The highest BCUT2D eigenvalue weighted by atomic mass is 35.5. The Balaban J connectivity index is 1.36. The van der Waals surface area contributed by atoms with Gasteiger partial charge in [-0.15, -0.1) is 0 Å². The van der Waals surface area contributed by atoms with Gasteiger partial charge in [-0.3, -0.25) is 4.79 Å². The second-order valence-electron chi connectivity index (χ2n) is 6.66. The molecule has 29 heavy (non-hydrogen) atoms. The summed E-state index contributed by atoms with van der Waals surface area (Å²) in [6.07, 6.45) is 3.21. The first-order valence-electron chi connectivity index (χ1n) is 9.23. The fourth-order valence-electron chi connectivity index (χ4n) is 3.22. The SMILES string of the molecule is O=C(Nc1cnc(N2CCN(c3ccccc3)CC2)nc1)c1ccc(Cl)cc1Cl. The summed E-state index contributed by atoms with van der Waals surface area (Å²) in [5.41, 5.74) is 2.08. The van der Waals surface area contributed by atoms with Gasteiger partial charge in [-0.1, -0.05) is 41.4 Å². The summed E-state index contributed by atoms with van der Waals surface area (Å²) in [6, 6.07) is 15.1. The van der Waals surface area contributed by atoms with Crippen LogP contribution in [0.1, 0.15) is 10.4 Å². The topological polar surface area (TPSA) is 61.4 Å². The maximum Gasteiger partial charge on any atom is 0.257 e. The number of aromatic nitrogens is 2. The molecule has 0 saturated carbocycles. The van der Waals surface area contributed by atoms with Gasteiger partial charge in [0.2, 0.25) is 5.95 Å². The average Bonchev–Trinajstić information content (AvgIpc) is 2.75. The van der Waals surface area contributed by atoms with Gasteiger partial charge in [-0.2, -0.15) is 0 Å². The first-order chi connectivity index (χ1) is 14.1. The van der Waals surface area contributed by atoms with Crippen LogP contribution in [0.15, 0.2) is 60.9 Å². The largest absolute Gasteiger partial charge is 0.368 e. The zero-order chi connectivity index (χ0) is 20.2. The van der Waals surface area contributed by atoms with E-state index in [0.717, 1.165) is 26.2 Å². The van der Waals surface area contributed by atoms with E-state index in [0.29, 0.717) is 27.2 Å². The van der Waals surface area contributed by atoms with Crippen LogP contribution in [0, 0.1) is 0 Å². The maximum absolute atomic E-state index is 12.4. The second-order valence-corrected chi connectivity index (χ2v) is 7.50. The summed E-state index contributed by atoms with van der Waals surface area (Å²) in [7, 11) is 0. The predicted octanol–water partition coefficient (Wildman–Crippen LogP) is 4.36. The lowest BCUT2D eigenvalue weighted by atomic mass is 10.2. The van der Waals surface area contributed by atoms with Crippen LogP contribution < -0.4 is 15.1 Å². The van der Waals surface area contributed by atoms with Crippen LogP contribution in [0.2, 0.25) is 10.0 Å². The van der Waals surface area contributed by atoms with Crippen LogP contribution in [0.4, 0.5) is 17.3 Å². The van der Waals surface area contributed by atoms with Crippen molar-refractivity contribution in [2.45, 2.75) is 0 Å². The van der Waals surface area contributed by atoms with Crippen molar-refractivity contribution in [3.05, 3.63) is 76.5 Å². The minimum atomic E-state index is -0.334. The molecule has 1 aromatic heterocycles. The number of benzene rings is 2. The summed E-state index contributed by atoms with van der Waals surface area (Å²) in [5, 5.41) is 3.53. The number of rotatable bonds is 4. The minimum Gasteiger partial charge on any atom is -0.368 e. The molecule has 0 radical (unpaired) electrons. The van der Waals surface area contributed by atoms with Gasteiger partial charge in [0.05, 0.1) is 28.7 Å². The summed E-state index contributed by atoms with van der Waals surface area (Å²) in [5.74, 6) is 0.319. The van der Waals surface area contributed by atoms with Gasteiger partial charge < -0.3 is 15.1 Å². The predicted molar refractivity (Wildman–Crippen MR) is 117 cm³/mol. The van der Waals surface area contributed by atoms with Crippen LogP contribution in [-0.2, 0) is 0 Å². The molecule has 0 unspecified atom stereocenters. The van der Waals surface area contributed by atoms with Gasteiger partial charge in [0.1, 0.15) is 0 Å². The molecule has 0 atom stereocenters. The van der Waals surface area contributed by atoms with Crippen molar-refractivity contribution in [2.75, 3.05) is 41.3 Å². The van der Waals surface area contributed by atoms with E-state index in [1.807, 2.05) is 6.07 Å². The van der Waals surface area contributed by atoms with Gasteiger partial charge >= 0.3 is 0 Å². The van der Waals surface area contributed by atoms with E-state index in [9.17, 15) is 4.79 Å². The molecule has 2 aromatic carbocycles. The molecule has 2 heterocycles. The van der Waals surface area contributed by atoms with Crippen LogP contribution in [0.25, 0.3) is 0 Å². The molecule has 0 bridgehead atoms. The number of para-hydroxylation sites is 1. The third-order valence-corrected chi connectivity index (χ3v) is 5.30. The zero-order valence-corrected chi connectivity index (χ0v) is 17.1. The van der Waals surface area contributed by atoms with Gasteiger partial charge in [-0.25, -0.2) is 9.97 Å². The molecule has 1 amide bonds. The number of carbonyl (C=O) groups is 1. The maximum atomic E-state index is 12.4. The molecule has 0 aliphatic carbocycles. The Kier molecular flexibility index (Phi) is 5.83. The molecule has 148 valence electrons. The average molecular weight is 428 g/mol. The molecular weight excluding hydrogens is 409 g/mol. The fourth-order valence-corrected chi connectivity index (χ4v) is 3.72. The van der Waals surface area contributed by atoms with E-state index >= 15 is 0 Å². The van der Waals surface area contributed by atoms with Crippen molar-refractivity contribution in [1.29, 1.82) is 0 Å². The van der Waals surface area contributed by atoms with E-state index < -0.39 is 0 Å². The van der Waals surface area contributed by atoms with E-state index in [4.69, 9.17) is 23.2 Å². The van der Waals surface area contributed by atoms with Crippen molar-refractivity contribution in [1.82, 2.24) is 9.97 Å². The number of nitrogens with one attached hydrogen (secondary N) is 1. The molecular formula is C21H19Cl2N5O.